The lowest BCUT2D eigenvalue weighted by Gasteiger charge is -2.19. The molecule has 2 heteroatoms. The van der Waals surface area contributed by atoms with Crippen LogP contribution >= 0.6 is 0 Å². The number of hydrogen-bond donors (Lipinski definition) is 0. The molecule has 0 aliphatic carbocycles. The van der Waals surface area contributed by atoms with Crippen LogP contribution < -0.4 is 0 Å². The Balaban J connectivity index is 2.02. The second-order valence-electron chi connectivity index (χ2n) is 7.42. The summed E-state index contributed by atoms with van der Waals surface area (Å²) >= 11 is 0. The molecule has 3 rings (SSSR count). The first-order valence-electron chi connectivity index (χ1n) is 9.64. The topological polar surface area (TPSA) is 34.1 Å². The van der Waals surface area contributed by atoms with Crippen LogP contribution in [0.25, 0.3) is 0 Å². The molecule has 2 nitrogen and oxygen atoms in total. The number of benzene rings is 3. The maximum absolute atomic E-state index is 13.1. The van der Waals surface area contributed by atoms with E-state index in [1.54, 1.807) is 0 Å². The molecular formula is C26H26O2. The predicted molar refractivity (Wildman–Crippen MR) is 114 cm³/mol. The third-order valence-electron chi connectivity index (χ3n) is 5.60. The second kappa shape index (κ2) is 8.35. The molecule has 142 valence electrons. The minimum absolute atomic E-state index is 0.0676. The molecule has 0 atom stereocenters. The van der Waals surface area contributed by atoms with Crippen LogP contribution in [-0.4, -0.2) is 11.6 Å². The third kappa shape index (κ3) is 3.96. The van der Waals surface area contributed by atoms with Crippen LogP contribution in [0.3, 0.4) is 0 Å². The lowest BCUT2D eigenvalue weighted by atomic mass is 9.83. The van der Waals surface area contributed by atoms with Gasteiger partial charge in [0.15, 0.2) is 11.6 Å². The van der Waals surface area contributed by atoms with E-state index in [2.05, 4.69) is 0 Å². The molecule has 0 radical (unpaired) electrons. The molecule has 28 heavy (non-hydrogen) atoms. The van der Waals surface area contributed by atoms with Gasteiger partial charge < -0.3 is 0 Å². The zero-order chi connectivity index (χ0) is 20.3. The summed E-state index contributed by atoms with van der Waals surface area (Å²) in [6, 6.07) is 19.5. The van der Waals surface area contributed by atoms with Crippen LogP contribution in [0.5, 0.6) is 0 Å². The first kappa shape index (κ1) is 19.8. The van der Waals surface area contributed by atoms with E-state index in [0.29, 0.717) is 24.0 Å². The van der Waals surface area contributed by atoms with Gasteiger partial charge in [-0.25, -0.2) is 0 Å². The summed E-state index contributed by atoms with van der Waals surface area (Å²) in [6.45, 7) is 7.89. The number of Topliss-reactive ketones (excluding diaryl/α,β-unsaturated/α-hetero) is 2. The van der Waals surface area contributed by atoms with Crippen LogP contribution in [-0.2, 0) is 12.8 Å². The van der Waals surface area contributed by atoms with Crippen molar-refractivity contribution in [1.82, 2.24) is 0 Å². The highest BCUT2D eigenvalue weighted by Gasteiger charge is 2.23. The number of hydrogen-bond acceptors (Lipinski definition) is 2. The van der Waals surface area contributed by atoms with E-state index in [4.69, 9.17) is 0 Å². The monoisotopic (exact) mass is 370 g/mol. The molecule has 0 aliphatic heterocycles. The van der Waals surface area contributed by atoms with Crippen molar-refractivity contribution in [3.8, 4) is 0 Å². The van der Waals surface area contributed by atoms with Crippen LogP contribution in [0.1, 0.15) is 54.1 Å². The van der Waals surface area contributed by atoms with Gasteiger partial charge in [-0.1, -0.05) is 60.7 Å². The van der Waals surface area contributed by atoms with Crippen molar-refractivity contribution in [3.05, 3.63) is 105 Å². The van der Waals surface area contributed by atoms with Gasteiger partial charge in [0, 0.05) is 24.0 Å². The Labute approximate surface area is 167 Å². The zero-order valence-electron chi connectivity index (χ0n) is 17.0. The summed E-state index contributed by atoms with van der Waals surface area (Å²) in [7, 11) is 0. The van der Waals surface area contributed by atoms with Crippen molar-refractivity contribution in [3.63, 3.8) is 0 Å². The maximum Gasteiger partial charge on any atom is 0.167 e. The van der Waals surface area contributed by atoms with E-state index in [1.807, 2.05) is 88.4 Å². The molecule has 0 aliphatic rings. The maximum atomic E-state index is 13.1. The summed E-state index contributed by atoms with van der Waals surface area (Å²) in [4.78, 5) is 26.3. The standard InChI is InChI=1S/C26H26O2/c1-17-18(2)25(23(27)15-21-11-7-5-8-12-21)20(4)26(19(17)3)24(28)16-22-13-9-6-10-14-22/h5-14H,15-16H2,1-4H3. The molecule has 0 unspecified atom stereocenters. The molecule has 0 amide bonds. The smallest absolute Gasteiger partial charge is 0.167 e. The molecule has 0 spiro atoms. The van der Waals surface area contributed by atoms with Crippen molar-refractivity contribution in [2.24, 2.45) is 0 Å². The van der Waals surface area contributed by atoms with Gasteiger partial charge in [0.2, 0.25) is 0 Å². The fourth-order valence-electron chi connectivity index (χ4n) is 3.92. The van der Waals surface area contributed by atoms with Crippen molar-refractivity contribution in [2.75, 3.05) is 0 Å². The first-order valence-corrected chi connectivity index (χ1v) is 9.64. The lowest BCUT2D eigenvalue weighted by Crippen LogP contribution is -2.16. The molecule has 0 aromatic heterocycles. The lowest BCUT2D eigenvalue weighted by molar-refractivity contribution is 0.0991. The van der Waals surface area contributed by atoms with Gasteiger partial charge in [0.05, 0.1) is 0 Å². The van der Waals surface area contributed by atoms with Crippen LogP contribution in [0.4, 0.5) is 0 Å². The van der Waals surface area contributed by atoms with Crippen molar-refractivity contribution in [1.29, 1.82) is 0 Å². The van der Waals surface area contributed by atoms with Gasteiger partial charge in [-0.15, -0.1) is 0 Å². The molecule has 0 saturated heterocycles. The highest BCUT2D eigenvalue weighted by Crippen LogP contribution is 2.29. The summed E-state index contributed by atoms with van der Waals surface area (Å²) in [5, 5.41) is 0. The van der Waals surface area contributed by atoms with E-state index >= 15 is 0 Å². The fourth-order valence-corrected chi connectivity index (χ4v) is 3.92. The van der Waals surface area contributed by atoms with Gasteiger partial charge in [0.25, 0.3) is 0 Å². The quantitative estimate of drug-likeness (QED) is 0.516. The number of ketones is 2. The van der Waals surface area contributed by atoms with Gasteiger partial charge in [0.1, 0.15) is 0 Å². The van der Waals surface area contributed by atoms with Crippen LogP contribution in [0, 0.1) is 27.7 Å². The molecule has 3 aromatic carbocycles. The Morgan fingerprint density at radius 2 is 0.893 bits per heavy atom. The van der Waals surface area contributed by atoms with E-state index in [-0.39, 0.29) is 11.6 Å². The van der Waals surface area contributed by atoms with Crippen molar-refractivity contribution < 1.29 is 9.59 Å². The molecular weight excluding hydrogens is 344 g/mol. The largest absolute Gasteiger partial charge is 0.294 e. The summed E-state index contributed by atoms with van der Waals surface area (Å²) in [6.07, 6.45) is 0.689. The molecule has 0 heterocycles. The first-order chi connectivity index (χ1) is 13.4. The van der Waals surface area contributed by atoms with Gasteiger partial charge in [-0.3, -0.25) is 9.59 Å². The average molecular weight is 370 g/mol. The highest BCUT2D eigenvalue weighted by molar-refractivity contribution is 6.07. The molecule has 0 fully saturated rings. The average Bonchev–Trinajstić information content (AvgIpc) is 2.68. The van der Waals surface area contributed by atoms with Crippen molar-refractivity contribution >= 4 is 11.6 Å². The third-order valence-corrected chi connectivity index (χ3v) is 5.60. The minimum Gasteiger partial charge on any atom is -0.294 e. The summed E-state index contributed by atoms with van der Waals surface area (Å²) in [5.74, 6) is 0.135. The summed E-state index contributed by atoms with van der Waals surface area (Å²) in [5.41, 5.74) is 7.16. The van der Waals surface area contributed by atoms with Crippen molar-refractivity contribution in [2.45, 2.75) is 40.5 Å². The van der Waals surface area contributed by atoms with E-state index in [0.717, 1.165) is 33.4 Å². The Morgan fingerprint density at radius 3 is 1.25 bits per heavy atom. The normalized spacial score (nSPS) is 10.7. The minimum atomic E-state index is 0.0676. The number of carbonyl (C=O) groups excluding carboxylic acids is 2. The van der Waals surface area contributed by atoms with Gasteiger partial charge in [-0.2, -0.15) is 0 Å². The Hall–Kier alpha value is -3.00. The SMILES string of the molecule is Cc1c(C)c(C(=O)Cc2ccccc2)c(C)c(C(=O)Cc2ccccc2)c1C. The Bertz CT molecular complexity index is 935. The predicted octanol–water partition coefficient (Wildman–Crippen LogP) is 5.77. The molecule has 3 aromatic rings. The van der Waals surface area contributed by atoms with Crippen LogP contribution in [0.2, 0.25) is 0 Å². The summed E-state index contributed by atoms with van der Waals surface area (Å²) < 4.78 is 0. The van der Waals surface area contributed by atoms with E-state index in [1.165, 1.54) is 0 Å². The molecule has 0 saturated carbocycles. The Kier molecular flexibility index (Phi) is 5.89. The fraction of sp³-hybridized carbons (Fsp3) is 0.231. The highest BCUT2D eigenvalue weighted by atomic mass is 16.1. The van der Waals surface area contributed by atoms with E-state index in [9.17, 15) is 9.59 Å². The Morgan fingerprint density at radius 1 is 0.536 bits per heavy atom. The molecule has 0 bridgehead atoms. The van der Waals surface area contributed by atoms with E-state index < -0.39 is 0 Å². The number of rotatable bonds is 6. The second-order valence-corrected chi connectivity index (χ2v) is 7.42. The molecule has 0 N–H and O–H groups in total. The number of carbonyl (C=O) groups is 2. The zero-order valence-corrected chi connectivity index (χ0v) is 17.0. The van der Waals surface area contributed by atoms with Gasteiger partial charge >= 0.3 is 0 Å². The van der Waals surface area contributed by atoms with Crippen LogP contribution in [0.15, 0.2) is 60.7 Å². The van der Waals surface area contributed by atoms with Gasteiger partial charge in [-0.05, 0) is 61.1 Å².